The lowest BCUT2D eigenvalue weighted by atomic mass is 9.80. The van der Waals surface area contributed by atoms with Crippen LogP contribution >= 0.6 is 0 Å². The molecule has 0 spiro atoms. The molecule has 1 heterocycles. The van der Waals surface area contributed by atoms with Gasteiger partial charge in [-0.25, -0.2) is 0 Å². The summed E-state index contributed by atoms with van der Waals surface area (Å²) in [7, 11) is 4.30. The molecule has 1 saturated carbocycles. The molecule has 1 aliphatic carbocycles. The number of nitrogens with zero attached hydrogens (tertiary/aromatic N) is 2. The summed E-state index contributed by atoms with van der Waals surface area (Å²) < 4.78 is 2.20. The Bertz CT molecular complexity index is 552. The largest absolute Gasteiger partial charge is 0.373 e. The normalized spacial score (nSPS) is 23.1. The van der Waals surface area contributed by atoms with Crippen LogP contribution in [0.5, 0.6) is 0 Å². The topological polar surface area (TPSA) is 34.2 Å². The fourth-order valence-corrected chi connectivity index (χ4v) is 3.05. The number of aromatic nitrogens is 1. The van der Waals surface area contributed by atoms with Gasteiger partial charge in [0.2, 0.25) is 0 Å². The average molecular weight is 243 g/mol. The first-order valence-electron chi connectivity index (χ1n) is 6.66. The molecule has 0 saturated heterocycles. The number of benzene rings is 1. The van der Waals surface area contributed by atoms with E-state index in [-0.39, 0.29) is 0 Å². The van der Waals surface area contributed by atoms with Crippen LogP contribution in [0, 0.1) is 5.92 Å². The fourth-order valence-electron chi connectivity index (χ4n) is 3.05. The maximum Gasteiger partial charge on any atom is 0.0623 e. The predicted octanol–water partition coefficient (Wildman–Crippen LogP) is 2.35. The first-order valence-corrected chi connectivity index (χ1v) is 6.66. The molecule has 0 aliphatic heterocycles. The maximum atomic E-state index is 5.86. The molecular formula is C15H21N3. The molecule has 0 atom stereocenters. The van der Waals surface area contributed by atoms with Gasteiger partial charge in [0.25, 0.3) is 0 Å². The Morgan fingerprint density at radius 2 is 2.06 bits per heavy atom. The number of para-hydroxylation sites is 1. The molecule has 2 aromatic rings. The van der Waals surface area contributed by atoms with Crippen LogP contribution in [-0.2, 0) is 7.05 Å². The van der Waals surface area contributed by atoms with E-state index in [1.807, 2.05) is 0 Å². The second-order valence-electron chi connectivity index (χ2n) is 5.62. The molecule has 96 valence electrons. The van der Waals surface area contributed by atoms with Crippen LogP contribution in [-0.4, -0.2) is 24.2 Å². The number of fused-ring (bicyclic) bond motifs is 1. The average Bonchev–Trinajstić information content (AvgIpc) is 2.66. The summed E-state index contributed by atoms with van der Waals surface area (Å²) in [5.41, 5.74) is 8.48. The zero-order valence-corrected chi connectivity index (χ0v) is 11.1. The summed E-state index contributed by atoms with van der Waals surface area (Å²) in [6.07, 6.45) is 4.58. The van der Waals surface area contributed by atoms with Crippen molar-refractivity contribution in [2.75, 3.05) is 18.5 Å². The summed E-state index contributed by atoms with van der Waals surface area (Å²) in [5.74, 6) is 0.768. The number of hydrogen-bond acceptors (Lipinski definition) is 2. The van der Waals surface area contributed by atoms with Crippen LogP contribution in [0.25, 0.3) is 10.9 Å². The third kappa shape index (κ3) is 1.89. The van der Waals surface area contributed by atoms with Crippen molar-refractivity contribution >= 4 is 16.6 Å². The maximum absolute atomic E-state index is 5.86. The van der Waals surface area contributed by atoms with Gasteiger partial charge >= 0.3 is 0 Å². The monoisotopic (exact) mass is 243 g/mol. The molecule has 0 bridgehead atoms. The van der Waals surface area contributed by atoms with E-state index in [0.29, 0.717) is 6.04 Å². The standard InChI is InChI=1S/C15H21N3/c1-17(9-11-7-12(16)8-11)15-10-18(2)14-6-4-3-5-13(14)15/h3-6,10-12H,7-9,16H2,1-2H3. The smallest absolute Gasteiger partial charge is 0.0623 e. The van der Waals surface area contributed by atoms with Crippen molar-refractivity contribution in [3.63, 3.8) is 0 Å². The van der Waals surface area contributed by atoms with Gasteiger partial charge in [-0.05, 0) is 24.8 Å². The molecule has 3 rings (SSSR count). The van der Waals surface area contributed by atoms with Crippen LogP contribution in [0.4, 0.5) is 5.69 Å². The number of rotatable bonds is 3. The van der Waals surface area contributed by atoms with E-state index in [1.54, 1.807) is 0 Å². The van der Waals surface area contributed by atoms with Crippen molar-refractivity contribution in [2.45, 2.75) is 18.9 Å². The Hall–Kier alpha value is -1.48. The van der Waals surface area contributed by atoms with Gasteiger partial charge in [0.1, 0.15) is 0 Å². The van der Waals surface area contributed by atoms with Crippen LogP contribution in [0.15, 0.2) is 30.5 Å². The van der Waals surface area contributed by atoms with Crippen molar-refractivity contribution in [3.8, 4) is 0 Å². The molecule has 1 aromatic heterocycles. The van der Waals surface area contributed by atoms with E-state index in [2.05, 4.69) is 54.0 Å². The van der Waals surface area contributed by atoms with Crippen molar-refractivity contribution in [1.82, 2.24) is 4.57 Å². The summed E-state index contributed by atoms with van der Waals surface area (Å²) in [6, 6.07) is 9.02. The minimum Gasteiger partial charge on any atom is -0.373 e. The Balaban J connectivity index is 1.85. The van der Waals surface area contributed by atoms with E-state index < -0.39 is 0 Å². The highest BCUT2D eigenvalue weighted by Crippen LogP contribution is 2.31. The molecule has 1 aromatic carbocycles. The summed E-state index contributed by atoms with van der Waals surface area (Å²) >= 11 is 0. The van der Waals surface area contributed by atoms with Gasteiger partial charge in [0.15, 0.2) is 0 Å². The lowest BCUT2D eigenvalue weighted by Crippen LogP contribution is -2.41. The molecule has 1 aliphatic rings. The molecule has 18 heavy (non-hydrogen) atoms. The number of aryl methyl sites for hydroxylation is 1. The Kier molecular flexibility index (Phi) is 2.78. The lowest BCUT2D eigenvalue weighted by Gasteiger charge is -2.35. The molecule has 3 nitrogen and oxygen atoms in total. The molecule has 1 fully saturated rings. The van der Waals surface area contributed by atoms with Gasteiger partial charge in [-0.15, -0.1) is 0 Å². The molecular weight excluding hydrogens is 222 g/mol. The third-order valence-corrected chi connectivity index (χ3v) is 4.09. The van der Waals surface area contributed by atoms with Crippen LogP contribution in [0.2, 0.25) is 0 Å². The van der Waals surface area contributed by atoms with Crippen molar-refractivity contribution in [2.24, 2.45) is 18.7 Å². The van der Waals surface area contributed by atoms with Crippen LogP contribution in [0.1, 0.15) is 12.8 Å². The lowest BCUT2D eigenvalue weighted by molar-refractivity contribution is 0.271. The minimum absolute atomic E-state index is 0.441. The van der Waals surface area contributed by atoms with Gasteiger partial charge in [-0.3, -0.25) is 0 Å². The van der Waals surface area contributed by atoms with E-state index in [1.165, 1.54) is 29.4 Å². The van der Waals surface area contributed by atoms with E-state index in [4.69, 9.17) is 5.73 Å². The fraction of sp³-hybridized carbons (Fsp3) is 0.467. The number of anilines is 1. The molecule has 0 radical (unpaired) electrons. The highest BCUT2D eigenvalue weighted by atomic mass is 15.1. The van der Waals surface area contributed by atoms with E-state index in [0.717, 1.165) is 12.5 Å². The second-order valence-corrected chi connectivity index (χ2v) is 5.62. The Labute approximate surface area is 108 Å². The summed E-state index contributed by atoms with van der Waals surface area (Å²) in [6.45, 7) is 1.11. The summed E-state index contributed by atoms with van der Waals surface area (Å²) in [5, 5.41) is 1.34. The summed E-state index contributed by atoms with van der Waals surface area (Å²) in [4.78, 5) is 2.37. The highest BCUT2D eigenvalue weighted by molar-refractivity contribution is 5.93. The minimum atomic E-state index is 0.441. The van der Waals surface area contributed by atoms with Crippen molar-refractivity contribution in [1.29, 1.82) is 0 Å². The quantitative estimate of drug-likeness (QED) is 0.898. The number of nitrogens with two attached hydrogens (primary N) is 1. The van der Waals surface area contributed by atoms with Gasteiger partial charge in [0, 0.05) is 43.8 Å². The molecule has 0 amide bonds. The van der Waals surface area contributed by atoms with E-state index in [9.17, 15) is 0 Å². The first-order chi connectivity index (χ1) is 8.65. The van der Waals surface area contributed by atoms with Crippen molar-refractivity contribution < 1.29 is 0 Å². The Morgan fingerprint density at radius 3 is 2.78 bits per heavy atom. The van der Waals surface area contributed by atoms with E-state index >= 15 is 0 Å². The van der Waals surface area contributed by atoms with Crippen molar-refractivity contribution in [3.05, 3.63) is 30.5 Å². The first kappa shape index (κ1) is 11.6. The zero-order chi connectivity index (χ0) is 12.7. The van der Waals surface area contributed by atoms with Crippen LogP contribution in [0.3, 0.4) is 0 Å². The third-order valence-electron chi connectivity index (χ3n) is 4.09. The van der Waals surface area contributed by atoms with Gasteiger partial charge < -0.3 is 15.2 Å². The van der Waals surface area contributed by atoms with Gasteiger partial charge in [-0.1, -0.05) is 18.2 Å². The second kappa shape index (κ2) is 4.32. The van der Waals surface area contributed by atoms with Gasteiger partial charge in [-0.2, -0.15) is 0 Å². The van der Waals surface area contributed by atoms with Crippen LogP contribution < -0.4 is 10.6 Å². The molecule has 2 N–H and O–H groups in total. The number of hydrogen-bond donors (Lipinski definition) is 1. The Morgan fingerprint density at radius 1 is 1.33 bits per heavy atom. The predicted molar refractivity (Wildman–Crippen MR) is 76.9 cm³/mol. The highest BCUT2D eigenvalue weighted by Gasteiger charge is 2.27. The molecule has 3 heteroatoms. The zero-order valence-electron chi connectivity index (χ0n) is 11.1. The SMILES string of the molecule is CN(CC1CC(N)C1)c1cn(C)c2ccccc12. The molecule has 0 unspecified atom stereocenters. The van der Waals surface area contributed by atoms with Gasteiger partial charge in [0.05, 0.1) is 5.69 Å².